The molecule has 5 aromatic heterocycles. The Kier molecular flexibility index (Phi) is 8.23. The molecule has 0 bridgehead atoms. The van der Waals surface area contributed by atoms with Gasteiger partial charge in [-0.2, -0.15) is 5.10 Å². The maximum atomic E-state index is 14.8. The first kappa shape index (κ1) is 30.1. The zero-order valence-corrected chi connectivity index (χ0v) is 26.5. The van der Waals surface area contributed by atoms with Crippen LogP contribution >= 0.6 is 0 Å². The smallest absolute Gasteiger partial charge is 0.227 e. The van der Waals surface area contributed by atoms with Crippen molar-refractivity contribution in [1.82, 2.24) is 40.0 Å². The fraction of sp³-hybridized carbons (Fsp3) is 0.333. The average molecular weight is 646 g/mol. The molecule has 48 heavy (non-hydrogen) atoms. The fourth-order valence-electron chi connectivity index (χ4n) is 6.87. The number of nitrogens with zero attached hydrogens (tertiary/aromatic N) is 6. The van der Waals surface area contributed by atoms with E-state index in [4.69, 9.17) is 9.72 Å². The maximum absolute atomic E-state index is 14.8. The summed E-state index contributed by atoms with van der Waals surface area (Å²) in [5, 5.41) is 11.5. The zero-order valence-electron chi connectivity index (χ0n) is 26.5. The number of imidazole rings is 1. The number of nitrogens with one attached hydrogen (secondary N) is 3. The predicted molar refractivity (Wildman–Crippen MR) is 182 cm³/mol. The van der Waals surface area contributed by atoms with E-state index in [9.17, 15) is 9.18 Å². The lowest BCUT2D eigenvalue weighted by atomic mass is 9.88. The van der Waals surface area contributed by atoms with Gasteiger partial charge in [0, 0.05) is 47.4 Å². The Balaban J connectivity index is 1.07. The Morgan fingerprint density at radius 1 is 0.979 bits per heavy atom. The molecular weight excluding hydrogens is 609 g/mol. The van der Waals surface area contributed by atoms with Crippen molar-refractivity contribution < 1.29 is 13.9 Å². The number of likely N-dealkylation sites (tertiary alicyclic amines) is 1. The van der Waals surface area contributed by atoms with Gasteiger partial charge in [-0.3, -0.25) is 24.8 Å². The van der Waals surface area contributed by atoms with Crippen LogP contribution in [-0.2, 0) is 4.79 Å². The van der Waals surface area contributed by atoms with Crippen molar-refractivity contribution in [2.45, 2.75) is 44.9 Å². The third-order valence-corrected chi connectivity index (χ3v) is 9.39. The Morgan fingerprint density at radius 3 is 2.73 bits per heavy atom. The molecule has 1 aliphatic carbocycles. The van der Waals surface area contributed by atoms with Crippen molar-refractivity contribution in [1.29, 1.82) is 0 Å². The van der Waals surface area contributed by atoms with E-state index in [1.807, 2.05) is 24.3 Å². The van der Waals surface area contributed by atoms with E-state index in [0.717, 1.165) is 67.3 Å². The topological polar surface area (TPSA) is 138 Å². The van der Waals surface area contributed by atoms with Crippen LogP contribution < -0.4 is 10.1 Å². The van der Waals surface area contributed by atoms with Crippen LogP contribution in [0.3, 0.4) is 0 Å². The van der Waals surface area contributed by atoms with Crippen LogP contribution in [0, 0.1) is 11.7 Å². The van der Waals surface area contributed by atoms with Crippen molar-refractivity contribution in [2.24, 2.45) is 5.92 Å². The number of hydrogen-bond donors (Lipinski definition) is 3. The Hall–Kier alpha value is -5.23. The number of carbonyl (C=O) groups is 1. The van der Waals surface area contributed by atoms with Crippen LogP contribution in [0.1, 0.15) is 44.9 Å². The number of amides is 1. The molecular formula is C36H36FN9O2. The number of aromatic nitrogens is 7. The number of halogens is 1. The number of carbonyl (C=O) groups excluding carboxylic acids is 1. The monoisotopic (exact) mass is 645 g/mol. The Bertz CT molecular complexity index is 2100. The van der Waals surface area contributed by atoms with E-state index in [2.05, 4.69) is 40.3 Å². The SMILES string of the molecule is O=C(Nc1cncc(-c2cc3c(-c4nc5c(-c6cc(F)cc(OCCN7CCCC7)c6)ccnc5[nH]4)n[nH]c3cn2)c1)C1CCCCC1. The molecule has 2 aliphatic rings. The molecule has 12 heteroatoms. The van der Waals surface area contributed by atoms with Gasteiger partial charge < -0.3 is 15.0 Å². The third-order valence-electron chi connectivity index (χ3n) is 9.39. The van der Waals surface area contributed by atoms with Crippen LogP contribution in [0.2, 0.25) is 0 Å². The highest BCUT2D eigenvalue weighted by molar-refractivity contribution is 5.97. The molecule has 11 nitrogen and oxygen atoms in total. The summed E-state index contributed by atoms with van der Waals surface area (Å²) in [4.78, 5) is 36.9. The second kappa shape index (κ2) is 13.1. The molecule has 1 aromatic carbocycles. The molecule has 244 valence electrons. The summed E-state index contributed by atoms with van der Waals surface area (Å²) >= 11 is 0. The highest BCUT2D eigenvalue weighted by atomic mass is 19.1. The first-order valence-corrected chi connectivity index (χ1v) is 16.7. The van der Waals surface area contributed by atoms with Gasteiger partial charge in [-0.05, 0) is 74.7 Å². The van der Waals surface area contributed by atoms with E-state index in [0.29, 0.717) is 52.0 Å². The first-order chi connectivity index (χ1) is 23.6. The second-order valence-electron chi connectivity index (χ2n) is 12.7. The van der Waals surface area contributed by atoms with Gasteiger partial charge in [0.1, 0.15) is 29.4 Å². The van der Waals surface area contributed by atoms with E-state index in [1.54, 1.807) is 24.8 Å². The molecule has 0 atom stereocenters. The van der Waals surface area contributed by atoms with E-state index in [1.165, 1.54) is 31.4 Å². The summed E-state index contributed by atoms with van der Waals surface area (Å²) in [7, 11) is 0. The van der Waals surface area contributed by atoms with Gasteiger partial charge in [-0.1, -0.05) is 19.3 Å². The highest BCUT2D eigenvalue weighted by Crippen LogP contribution is 2.34. The molecule has 1 amide bonds. The number of fused-ring (bicyclic) bond motifs is 2. The van der Waals surface area contributed by atoms with Crippen molar-refractivity contribution in [3.63, 3.8) is 0 Å². The van der Waals surface area contributed by atoms with E-state index in [-0.39, 0.29) is 17.6 Å². The molecule has 2 fully saturated rings. The predicted octanol–water partition coefficient (Wildman–Crippen LogP) is 6.76. The molecule has 3 N–H and O–H groups in total. The minimum absolute atomic E-state index is 0.0464. The number of pyridine rings is 3. The van der Waals surface area contributed by atoms with Gasteiger partial charge in [0.25, 0.3) is 0 Å². The van der Waals surface area contributed by atoms with Crippen LogP contribution in [0.25, 0.3) is 56.0 Å². The summed E-state index contributed by atoms with van der Waals surface area (Å²) in [6, 6.07) is 10.4. The summed E-state index contributed by atoms with van der Waals surface area (Å²) in [5.74, 6) is 0.709. The highest BCUT2D eigenvalue weighted by Gasteiger charge is 2.22. The van der Waals surface area contributed by atoms with Crippen molar-refractivity contribution in [2.75, 3.05) is 31.6 Å². The summed E-state index contributed by atoms with van der Waals surface area (Å²) < 4.78 is 20.8. The zero-order chi connectivity index (χ0) is 32.5. The molecule has 1 aliphatic heterocycles. The number of aromatic amines is 2. The van der Waals surface area contributed by atoms with E-state index >= 15 is 0 Å². The van der Waals surface area contributed by atoms with Crippen molar-refractivity contribution in [3.8, 4) is 39.7 Å². The van der Waals surface area contributed by atoms with Gasteiger partial charge in [0.05, 0.1) is 29.3 Å². The average Bonchev–Trinajstić information content (AvgIpc) is 3.88. The van der Waals surface area contributed by atoms with Crippen LogP contribution in [0.4, 0.5) is 10.1 Å². The lowest BCUT2D eigenvalue weighted by Crippen LogP contribution is -2.25. The Morgan fingerprint density at radius 2 is 1.85 bits per heavy atom. The second-order valence-corrected chi connectivity index (χ2v) is 12.7. The molecule has 8 rings (SSSR count). The van der Waals surface area contributed by atoms with Gasteiger partial charge in [-0.25, -0.2) is 14.4 Å². The molecule has 0 unspecified atom stereocenters. The Labute approximate surface area is 276 Å². The summed E-state index contributed by atoms with van der Waals surface area (Å²) in [5.41, 5.74) is 5.95. The lowest BCUT2D eigenvalue weighted by Gasteiger charge is -2.20. The minimum atomic E-state index is -0.380. The molecule has 1 saturated heterocycles. The van der Waals surface area contributed by atoms with Gasteiger partial charge in [0.2, 0.25) is 5.91 Å². The van der Waals surface area contributed by atoms with Crippen molar-refractivity contribution >= 4 is 33.7 Å². The van der Waals surface area contributed by atoms with Gasteiger partial charge >= 0.3 is 0 Å². The van der Waals surface area contributed by atoms with Crippen LogP contribution in [-0.4, -0.2) is 72.2 Å². The quantitative estimate of drug-likeness (QED) is 0.157. The van der Waals surface area contributed by atoms with Crippen LogP contribution in [0.5, 0.6) is 5.75 Å². The number of benzene rings is 1. The molecule has 0 spiro atoms. The largest absolute Gasteiger partial charge is 0.492 e. The maximum Gasteiger partial charge on any atom is 0.227 e. The van der Waals surface area contributed by atoms with Crippen LogP contribution in [0.15, 0.2) is 61.2 Å². The summed E-state index contributed by atoms with van der Waals surface area (Å²) in [6.45, 7) is 3.49. The van der Waals surface area contributed by atoms with E-state index < -0.39 is 0 Å². The molecule has 0 radical (unpaired) electrons. The fourth-order valence-corrected chi connectivity index (χ4v) is 6.87. The first-order valence-electron chi connectivity index (χ1n) is 16.7. The van der Waals surface area contributed by atoms with Gasteiger partial charge in [-0.15, -0.1) is 0 Å². The van der Waals surface area contributed by atoms with Crippen molar-refractivity contribution in [3.05, 3.63) is 67.0 Å². The number of H-pyrrole nitrogens is 2. The number of ether oxygens (including phenoxy) is 1. The number of hydrogen-bond acceptors (Lipinski definition) is 8. The lowest BCUT2D eigenvalue weighted by molar-refractivity contribution is -0.120. The van der Waals surface area contributed by atoms with Gasteiger partial charge in [0.15, 0.2) is 11.5 Å². The third kappa shape index (κ3) is 6.23. The molecule has 6 heterocycles. The molecule has 6 aromatic rings. The number of anilines is 1. The normalized spacial score (nSPS) is 15.8. The number of rotatable bonds is 9. The standard InChI is InChI=1S/C36H36FN9O2/c37-25-14-23(16-27(17-25)48-13-12-46-10-4-5-11-46)28-8-9-39-34-32(28)42-35(43-34)33-29-18-30(40-21-31(29)44-45-33)24-15-26(20-38-19-24)41-36(47)22-6-2-1-3-7-22/h8-9,14-22H,1-7,10-13H2,(H,41,47)(H,44,45)(H,39,42,43). The summed E-state index contributed by atoms with van der Waals surface area (Å²) in [6.07, 6.45) is 14.4. The molecule has 1 saturated carbocycles. The minimum Gasteiger partial charge on any atom is -0.492 e.